The fourth-order valence-corrected chi connectivity index (χ4v) is 3.12. The fraction of sp³-hybridized carbons (Fsp3) is 0.250. The zero-order valence-corrected chi connectivity index (χ0v) is 12.1. The van der Waals surface area contributed by atoms with Crippen LogP contribution in [0.5, 0.6) is 0 Å². The van der Waals surface area contributed by atoms with Gasteiger partial charge in [0.05, 0.1) is 15.5 Å². The molecule has 108 valence electrons. The molecule has 1 N–H and O–H groups in total. The molecule has 21 heavy (non-hydrogen) atoms. The van der Waals surface area contributed by atoms with Gasteiger partial charge in [0.1, 0.15) is 0 Å². The summed E-state index contributed by atoms with van der Waals surface area (Å²) in [5.74, 6) is 0. The maximum Gasteiger partial charge on any atom is 0.275 e. The summed E-state index contributed by atoms with van der Waals surface area (Å²) in [6, 6.07) is 13.3. The molecule has 5 heteroatoms. The Morgan fingerprint density at radius 1 is 1.24 bits per heavy atom. The number of hydrogen-bond donors (Lipinski definition) is 1. The van der Waals surface area contributed by atoms with Crippen LogP contribution < -0.4 is 5.32 Å². The molecule has 1 aliphatic carbocycles. The molecule has 0 amide bonds. The van der Waals surface area contributed by atoms with Gasteiger partial charge in [-0.2, -0.15) is 0 Å². The van der Waals surface area contributed by atoms with Gasteiger partial charge in [0.15, 0.2) is 0 Å². The van der Waals surface area contributed by atoms with Crippen molar-refractivity contribution in [1.29, 1.82) is 0 Å². The summed E-state index contributed by atoms with van der Waals surface area (Å²) in [5, 5.41) is 14.9. The van der Waals surface area contributed by atoms with E-state index in [2.05, 4.69) is 17.4 Å². The van der Waals surface area contributed by atoms with Gasteiger partial charge in [-0.05, 0) is 30.0 Å². The molecule has 0 saturated carbocycles. The minimum atomic E-state index is -0.383. The summed E-state index contributed by atoms with van der Waals surface area (Å²) >= 11 is 6.11. The molecule has 2 aromatic rings. The van der Waals surface area contributed by atoms with Crippen LogP contribution in [0.2, 0.25) is 5.02 Å². The molecule has 2 aromatic carbocycles. The Morgan fingerprint density at radius 2 is 2.05 bits per heavy atom. The van der Waals surface area contributed by atoms with Gasteiger partial charge in [0.2, 0.25) is 0 Å². The first kappa shape index (κ1) is 14.0. The van der Waals surface area contributed by atoms with E-state index in [0.29, 0.717) is 17.1 Å². The monoisotopic (exact) mass is 302 g/mol. The highest BCUT2D eigenvalue weighted by molar-refractivity contribution is 6.31. The second-order valence-corrected chi connectivity index (χ2v) is 5.57. The number of halogens is 1. The number of aryl methyl sites for hydroxylation is 1. The van der Waals surface area contributed by atoms with Crippen molar-refractivity contribution >= 4 is 17.3 Å². The minimum absolute atomic E-state index is 0.0706. The maximum absolute atomic E-state index is 11.1. The van der Waals surface area contributed by atoms with Crippen LogP contribution in [0.1, 0.15) is 29.2 Å². The van der Waals surface area contributed by atoms with Crippen LogP contribution >= 0.6 is 11.6 Å². The number of rotatable bonds is 4. The molecule has 0 aliphatic heterocycles. The Morgan fingerprint density at radius 3 is 2.86 bits per heavy atom. The van der Waals surface area contributed by atoms with E-state index < -0.39 is 0 Å². The Kier molecular flexibility index (Phi) is 3.90. The average molecular weight is 303 g/mol. The Bertz CT molecular complexity index is 688. The number of fused-ring (bicyclic) bond motifs is 1. The summed E-state index contributed by atoms with van der Waals surface area (Å²) in [6.07, 6.45) is 2.05. The van der Waals surface area contributed by atoms with E-state index in [4.69, 9.17) is 11.6 Å². The van der Waals surface area contributed by atoms with Crippen molar-refractivity contribution < 1.29 is 4.92 Å². The number of hydrogen-bond acceptors (Lipinski definition) is 3. The zero-order valence-electron chi connectivity index (χ0n) is 11.4. The predicted molar refractivity (Wildman–Crippen MR) is 82.5 cm³/mol. The SMILES string of the molecule is O=[N+]([O-])c1cccc(Cl)c1CNC1CCc2ccccc21. The number of nitro groups is 1. The van der Waals surface area contributed by atoms with Crippen LogP contribution in [0.4, 0.5) is 5.69 Å². The molecule has 0 bridgehead atoms. The van der Waals surface area contributed by atoms with Gasteiger partial charge >= 0.3 is 0 Å². The van der Waals surface area contributed by atoms with Crippen LogP contribution in [-0.2, 0) is 13.0 Å². The molecule has 1 atom stereocenters. The normalized spacial score (nSPS) is 16.7. The number of nitro benzene ring substituents is 1. The summed E-state index contributed by atoms with van der Waals surface area (Å²) in [4.78, 5) is 10.7. The lowest BCUT2D eigenvalue weighted by Crippen LogP contribution is -2.19. The quantitative estimate of drug-likeness (QED) is 0.685. The smallest absolute Gasteiger partial charge is 0.275 e. The summed E-state index contributed by atoms with van der Waals surface area (Å²) in [5.41, 5.74) is 3.26. The van der Waals surface area contributed by atoms with E-state index in [1.165, 1.54) is 17.2 Å². The van der Waals surface area contributed by atoms with Crippen LogP contribution in [0, 0.1) is 10.1 Å². The van der Waals surface area contributed by atoms with Crippen molar-refractivity contribution in [1.82, 2.24) is 5.32 Å². The topological polar surface area (TPSA) is 55.2 Å². The highest BCUT2D eigenvalue weighted by Gasteiger charge is 2.23. The van der Waals surface area contributed by atoms with Crippen LogP contribution in [-0.4, -0.2) is 4.92 Å². The van der Waals surface area contributed by atoms with Gasteiger partial charge in [-0.25, -0.2) is 0 Å². The molecule has 0 saturated heterocycles. The first-order valence-electron chi connectivity index (χ1n) is 6.90. The molecular formula is C16H15ClN2O2. The predicted octanol–water partition coefficient (Wildman–Crippen LogP) is 4.03. The number of nitrogens with zero attached hydrogens (tertiary/aromatic N) is 1. The zero-order chi connectivity index (χ0) is 14.8. The highest BCUT2D eigenvalue weighted by atomic mass is 35.5. The Hall–Kier alpha value is -1.91. The summed E-state index contributed by atoms with van der Waals surface area (Å²) < 4.78 is 0. The third-order valence-corrected chi connectivity index (χ3v) is 4.30. The minimum Gasteiger partial charge on any atom is -0.306 e. The first-order chi connectivity index (χ1) is 10.2. The Labute approximate surface area is 127 Å². The summed E-state index contributed by atoms with van der Waals surface area (Å²) in [7, 11) is 0. The molecule has 1 unspecified atom stereocenters. The summed E-state index contributed by atoms with van der Waals surface area (Å²) in [6.45, 7) is 0.398. The van der Waals surface area contributed by atoms with Gasteiger partial charge in [-0.3, -0.25) is 10.1 Å². The van der Waals surface area contributed by atoms with E-state index in [-0.39, 0.29) is 16.7 Å². The maximum atomic E-state index is 11.1. The molecule has 0 aromatic heterocycles. The lowest BCUT2D eigenvalue weighted by molar-refractivity contribution is -0.385. The van der Waals surface area contributed by atoms with Gasteiger partial charge in [0.25, 0.3) is 5.69 Å². The van der Waals surface area contributed by atoms with Gasteiger partial charge in [-0.1, -0.05) is 41.9 Å². The lowest BCUT2D eigenvalue weighted by Gasteiger charge is -2.14. The van der Waals surface area contributed by atoms with Crippen molar-refractivity contribution in [2.24, 2.45) is 0 Å². The van der Waals surface area contributed by atoms with E-state index in [0.717, 1.165) is 12.8 Å². The van der Waals surface area contributed by atoms with Crippen molar-refractivity contribution in [3.8, 4) is 0 Å². The Balaban J connectivity index is 1.79. The van der Waals surface area contributed by atoms with Crippen molar-refractivity contribution in [3.63, 3.8) is 0 Å². The first-order valence-corrected chi connectivity index (χ1v) is 7.27. The molecule has 4 nitrogen and oxygen atoms in total. The van der Waals surface area contributed by atoms with E-state index >= 15 is 0 Å². The van der Waals surface area contributed by atoms with E-state index in [1.54, 1.807) is 12.1 Å². The van der Waals surface area contributed by atoms with Gasteiger partial charge in [-0.15, -0.1) is 0 Å². The fourth-order valence-electron chi connectivity index (χ4n) is 2.89. The third-order valence-electron chi connectivity index (χ3n) is 3.95. The number of benzene rings is 2. The third kappa shape index (κ3) is 2.77. The second kappa shape index (κ2) is 5.84. The van der Waals surface area contributed by atoms with E-state index in [1.807, 2.05) is 12.1 Å². The molecule has 0 fully saturated rings. The standard InChI is InChI=1S/C16H15ClN2O2/c17-14-6-3-7-16(19(20)21)13(14)10-18-15-9-8-11-4-1-2-5-12(11)15/h1-7,15,18H,8-10H2. The average Bonchev–Trinajstić information content (AvgIpc) is 2.89. The molecule has 1 aliphatic rings. The molecule has 0 heterocycles. The van der Waals surface area contributed by atoms with E-state index in [9.17, 15) is 10.1 Å². The van der Waals surface area contributed by atoms with Crippen LogP contribution in [0.15, 0.2) is 42.5 Å². The van der Waals surface area contributed by atoms with Gasteiger partial charge in [0, 0.05) is 18.7 Å². The van der Waals surface area contributed by atoms with Crippen molar-refractivity contribution in [3.05, 3.63) is 74.3 Å². The second-order valence-electron chi connectivity index (χ2n) is 5.17. The molecule has 3 rings (SSSR count). The molecule has 0 radical (unpaired) electrons. The van der Waals surface area contributed by atoms with Crippen LogP contribution in [0.25, 0.3) is 0 Å². The lowest BCUT2D eigenvalue weighted by atomic mass is 10.1. The molecular weight excluding hydrogens is 288 g/mol. The van der Waals surface area contributed by atoms with Gasteiger partial charge < -0.3 is 5.32 Å². The van der Waals surface area contributed by atoms with Crippen molar-refractivity contribution in [2.45, 2.75) is 25.4 Å². The molecule has 0 spiro atoms. The number of nitrogens with one attached hydrogen (secondary N) is 1. The highest BCUT2D eigenvalue weighted by Crippen LogP contribution is 2.32. The largest absolute Gasteiger partial charge is 0.306 e. The van der Waals surface area contributed by atoms with Crippen molar-refractivity contribution in [2.75, 3.05) is 0 Å². The van der Waals surface area contributed by atoms with Crippen LogP contribution in [0.3, 0.4) is 0 Å².